The van der Waals surface area contributed by atoms with Crippen molar-refractivity contribution in [2.24, 2.45) is 0 Å². The van der Waals surface area contributed by atoms with Gasteiger partial charge in [-0.25, -0.2) is 4.98 Å². The summed E-state index contributed by atoms with van der Waals surface area (Å²) >= 11 is 0. The lowest BCUT2D eigenvalue weighted by Gasteiger charge is -2.27. The van der Waals surface area contributed by atoms with E-state index in [1.807, 2.05) is 6.07 Å². The summed E-state index contributed by atoms with van der Waals surface area (Å²) in [6, 6.07) is 6.15. The van der Waals surface area contributed by atoms with Gasteiger partial charge in [0.15, 0.2) is 0 Å². The first kappa shape index (κ1) is 19.4. The van der Waals surface area contributed by atoms with Crippen molar-refractivity contribution in [2.75, 3.05) is 11.9 Å². The number of benzene rings is 1. The van der Waals surface area contributed by atoms with Gasteiger partial charge in [-0.1, -0.05) is 12.1 Å². The van der Waals surface area contributed by atoms with Gasteiger partial charge in [-0.05, 0) is 42.6 Å². The van der Waals surface area contributed by atoms with E-state index in [-0.39, 0.29) is 18.4 Å². The molecule has 1 atom stereocenters. The summed E-state index contributed by atoms with van der Waals surface area (Å²) in [4.78, 5) is 55.3. The predicted molar refractivity (Wildman–Crippen MR) is 110 cm³/mol. The van der Waals surface area contributed by atoms with E-state index >= 15 is 0 Å². The average Bonchev–Trinajstić information content (AvgIpc) is 3.03. The minimum Gasteiger partial charge on any atom is -0.366 e. The summed E-state index contributed by atoms with van der Waals surface area (Å²) in [7, 11) is 0. The highest BCUT2D eigenvalue weighted by atomic mass is 16.2. The molecule has 3 aliphatic rings. The zero-order chi connectivity index (χ0) is 21.5. The smallest absolute Gasteiger partial charge is 0.262 e. The molecule has 1 saturated heterocycles. The second-order valence-electron chi connectivity index (χ2n) is 7.86. The highest BCUT2D eigenvalue weighted by molar-refractivity contribution is 6.24. The van der Waals surface area contributed by atoms with Gasteiger partial charge in [0.25, 0.3) is 11.8 Å². The number of carbonyl (C=O) groups excluding carboxylic acids is 4. The van der Waals surface area contributed by atoms with Crippen LogP contribution in [-0.4, -0.2) is 46.1 Å². The Kier molecular flexibility index (Phi) is 4.74. The van der Waals surface area contributed by atoms with Crippen LogP contribution in [-0.2, 0) is 29.1 Å². The monoisotopic (exact) mass is 419 g/mol. The second kappa shape index (κ2) is 7.59. The Labute approximate surface area is 178 Å². The zero-order valence-electron chi connectivity index (χ0n) is 16.7. The summed E-state index contributed by atoms with van der Waals surface area (Å²) in [6.07, 6.45) is 2.93. The minimum absolute atomic E-state index is 0.0943. The molecular formula is C22H21N5O4. The number of rotatable bonds is 4. The van der Waals surface area contributed by atoms with Crippen LogP contribution in [0.1, 0.15) is 50.2 Å². The summed E-state index contributed by atoms with van der Waals surface area (Å²) in [5.74, 6) is -1.26. The Balaban J connectivity index is 1.41. The van der Waals surface area contributed by atoms with Gasteiger partial charge in [-0.2, -0.15) is 0 Å². The van der Waals surface area contributed by atoms with Gasteiger partial charge in [0, 0.05) is 31.3 Å². The molecule has 1 unspecified atom stereocenters. The van der Waals surface area contributed by atoms with E-state index in [9.17, 15) is 19.2 Å². The number of piperidine rings is 1. The van der Waals surface area contributed by atoms with Crippen LogP contribution in [0.4, 0.5) is 5.82 Å². The van der Waals surface area contributed by atoms with E-state index in [4.69, 9.17) is 0 Å². The van der Waals surface area contributed by atoms with Crippen molar-refractivity contribution >= 4 is 29.4 Å². The van der Waals surface area contributed by atoms with E-state index < -0.39 is 29.7 Å². The van der Waals surface area contributed by atoms with Crippen molar-refractivity contribution < 1.29 is 19.2 Å². The van der Waals surface area contributed by atoms with Gasteiger partial charge >= 0.3 is 0 Å². The second-order valence-corrected chi connectivity index (χ2v) is 7.86. The van der Waals surface area contributed by atoms with Gasteiger partial charge in [-0.3, -0.25) is 29.4 Å². The maximum atomic E-state index is 13.2. The first-order valence-corrected chi connectivity index (χ1v) is 10.3. The van der Waals surface area contributed by atoms with Crippen LogP contribution in [0, 0.1) is 0 Å². The topological polar surface area (TPSA) is 120 Å². The molecule has 1 aromatic heterocycles. The Morgan fingerprint density at radius 2 is 1.97 bits per heavy atom. The van der Waals surface area contributed by atoms with Gasteiger partial charge in [-0.15, -0.1) is 0 Å². The first-order chi connectivity index (χ1) is 15.0. The third kappa shape index (κ3) is 3.27. The van der Waals surface area contributed by atoms with Crippen LogP contribution < -0.4 is 16.0 Å². The molecule has 0 saturated carbocycles. The van der Waals surface area contributed by atoms with Gasteiger partial charge < -0.3 is 10.6 Å². The molecule has 4 heterocycles. The van der Waals surface area contributed by atoms with Crippen LogP contribution >= 0.6 is 0 Å². The number of nitrogens with one attached hydrogen (secondary N) is 3. The first-order valence-electron chi connectivity index (χ1n) is 10.3. The molecule has 5 rings (SSSR count). The summed E-state index contributed by atoms with van der Waals surface area (Å²) in [5, 5.41) is 8.86. The minimum atomic E-state index is -0.972. The fraction of sp³-hybridized carbons (Fsp3) is 0.318. The molecule has 9 heteroatoms. The molecule has 9 nitrogen and oxygen atoms in total. The Bertz CT molecular complexity index is 1130. The van der Waals surface area contributed by atoms with Crippen molar-refractivity contribution in [1.29, 1.82) is 0 Å². The lowest BCUT2D eigenvalue weighted by atomic mass is 10.0. The largest absolute Gasteiger partial charge is 0.366 e. The Morgan fingerprint density at radius 1 is 1.10 bits per heavy atom. The third-order valence-electron chi connectivity index (χ3n) is 6.03. The number of hydrogen-bond donors (Lipinski definition) is 3. The molecule has 3 aliphatic heterocycles. The molecule has 1 fully saturated rings. The van der Waals surface area contributed by atoms with E-state index in [2.05, 4.69) is 20.9 Å². The molecule has 31 heavy (non-hydrogen) atoms. The number of pyridine rings is 1. The number of hydrogen-bond acceptors (Lipinski definition) is 7. The number of carbonyl (C=O) groups is 4. The lowest BCUT2D eigenvalue weighted by Crippen LogP contribution is -2.54. The third-order valence-corrected chi connectivity index (χ3v) is 6.03. The maximum absolute atomic E-state index is 13.2. The van der Waals surface area contributed by atoms with Crippen LogP contribution in [0.3, 0.4) is 0 Å². The number of amides is 4. The van der Waals surface area contributed by atoms with E-state index in [0.717, 1.165) is 35.8 Å². The van der Waals surface area contributed by atoms with E-state index in [1.54, 1.807) is 24.4 Å². The number of imide groups is 2. The summed E-state index contributed by atoms with van der Waals surface area (Å²) < 4.78 is 0. The Morgan fingerprint density at radius 3 is 2.81 bits per heavy atom. The fourth-order valence-electron chi connectivity index (χ4n) is 4.46. The molecular weight excluding hydrogens is 398 g/mol. The van der Waals surface area contributed by atoms with Crippen LogP contribution in [0.25, 0.3) is 0 Å². The van der Waals surface area contributed by atoms with E-state index in [1.165, 1.54) is 5.56 Å². The average molecular weight is 419 g/mol. The fourth-order valence-corrected chi connectivity index (χ4v) is 4.46. The molecule has 158 valence electrons. The quantitative estimate of drug-likeness (QED) is 0.625. The summed E-state index contributed by atoms with van der Waals surface area (Å²) in [6.45, 7) is 1.96. The van der Waals surface area contributed by atoms with Gasteiger partial charge in [0.2, 0.25) is 11.8 Å². The highest BCUT2D eigenvalue weighted by Gasteiger charge is 2.45. The van der Waals surface area contributed by atoms with Crippen molar-refractivity contribution in [3.63, 3.8) is 0 Å². The predicted octanol–water partition coefficient (Wildman–Crippen LogP) is 0.741. The van der Waals surface area contributed by atoms with Crippen molar-refractivity contribution in [3.05, 3.63) is 58.3 Å². The van der Waals surface area contributed by atoms with Crippen LogP contribution in [0.2, 0.25) is 0 Å². The Hall–Kier alpha value is -3.59. The SMILES string of the molecule is O=C1CCC(N2C(=O)c3cccc(CNc4nccc5c4CNCC5)c3C2=O)C(=O)N1. The number of anilines is 1. The maximum Gasteiger partial charge on any atom is 0.262 e. The van der Waals surface area contributed by atoms with Crippen molar-refractivity contribution in [2.45, 2.75) is 38.4 Å². The van der Waals surface area contributed by atoms with Gasteiger partial charge in [0.1, 0.15) is 11.9 Å². The van der Waals surface area contributed by atoms with Gasteiger partial charge in [0.05, 0.1) is 11.1 Å². The molecule has 0 aliphatic carbocycles. The summed E-state index contributed by atoms with van der Waals surface area (Å²) in [5.41, 5.74) is 3.58. The number of fused-ring (bicyclic) bond motifs is 2. The molecule has 0 spiro atoms. The molecule has 3 N–H and O–H groups in total. The van der Waals surface area contributed by atoms with Crippen molar-refractivity contribution in [1.82, 2.24) is 20.5 Å². The lowest BCUT2D eigenvalue weighted by molar-refractivity contribution is -0.136. The van der Waals surface area contributed by atoms with Crippen LogP contribution in [0.5, 0.6) is 0 Å². The molecule has 4 amide bonds. The molecule has 0 radical (unpaired) electrons. The zero-order valence-corrected chi connectivity index (χ0v) is 16.7. The highest BCUT2D eigenvalue weighted by Crippen LogP contribution is 2.30. The molecule has 2 aromatic rings. The normalized spacial score (nSPS) is 20.4. The van der Waals surface area contributed by atoms with Crippen LogP contribution in [0.15, 0.2) is 30.5 Å². The van der Waals surface area contributed by atoms with E-state index in [0.29, 0.717) is 17.7 Å². The number of nitrogens with zero attached hydrogens (tertiary/aromatic N) is 2. The standard InChI is InChI=1S/C22H21N5O4/c28-17-5-4-16(20(29)26-17)27-21(30)14-3-1-2-13(18(14)22(27)31)10-25-19-15-11-23-8-6-12(15)7-9-24-19/h1-3,7,9,16,23H,4-6,8,10-11H2,(H,24,25)(H,26,28,29). The molecule has 0 bridgehead atoms. The number of aromatic nitrogens is 1. The van der Waals surface area contributed by atoms with Crippen molar-refractivity contribution in [3.8, 4) is 0 Å². The molecule has 1 aromatic carbocycles.